The number of rotatable bonds is 2. The van der Waals surface area contributed by atoms with Crippen molar-refractivity contribution in [1.29, 1.82) is 0 Å². The van der Waals surface area contributed by atoms with E-state index in [2.05, 4.69) is 4.98 Å². The molecule has 24 heavy (non-hydrogen) atoms. The molecule has 0 spiro atoms. The van der Waals surface area contributed by atoms with Gasteiger partial charge in [0.25, 0.3) is 5.91 Å². The van der Waals surface area contributed by atoms with Gasteiger partial charge in [0, 0.05) is 38.3 Å². The second-order valence-corrected chi connectivity index (χ2v) is 6.14. The first kappa shape index (κ1) is 16.7. The first-order valence-electron chi connectivity index (χ1n) is 7.98. The van der Waals surface area contributed by atoms with E-state index in [1.54, 1.807) is 4.90 Å². The third-order valence-corrected chi connectivity index (χ3v) is 4.34. The molecule has 2 heterocycles. The highest BCUT2D eigenvalue weighted by Crippen LogP contribution is 2.32. The Morgan fingerprint density at radius 3 is 2.42 bits per heavy atom. The summed E-state index contributed by atoms with van der Waals surface area (Å²) in [4.78, 5) is 31.3. The molecule has 5 nitrogen and oxygen atoms in total. The first-order valence-corrected chi connectivity index (χ1v) is 7.98. The molecule has 0 unspecified atom stereocenters. The molecule has 2 aliphatic rings. The van der Waals surface area contributed by atoms with E-state index < -0.39 is 23.3 Å². The molecule has 0 aromatic carbocycles. The lowest BCUT2D eigenvalue weighted by molar-refractivity contribution is -0.138. The summed E-state index contributed by atoms with van der Waals surface area (Å²) in [5, 5.41) is 0. The number of alkyl halides is 3. The number of amides is 2. The summed E-state index contributed by atoms with van der Waals surface area (Å²) in [7, 11) is 0. The molecule has 8 heteroatoms. The molecule has 1 aliphatic heterocycles. The number of pyridine rings is 1. The van der Waals surface area contributed by atoms with Crippen molar-refractivity contribution in [3.05, 3.63) is 29.6 Å². The molecule has 0 radical (unpaired) electrons. The third kappa shape index (κ3) is 3.52. The average molecular weight is 341 g/mol. The Hall–Kier alpha value is -2.12. The Morgan fingerprint density at radius 1 is 1.08 bits per heavy atom. The molecule has 0 bridgehead atoms. The van der Waals surface area contributed by atoms with E-state index in [-0.39, 0.29) is 18.4 Å². The maximum atomic E-state index is 13.1. The predicted molar refractivity (Wildman–Crippen MR) is 79.1 cm³/mol. The van der Waals surface area contributed by atoms with Gasteiger partial charge in [-0.05, 0) is 31.4 Å². The number of halogens is 3. The van der Waals surface area contributed by atoms with Gasteiger partial charge in [-0.2, -0.15) is 13.2 Å². The monoisotopic (exact) mass is 341 g/mol. The zero-order valence-corrected chi connectivity index (χ0v) is 13.1. The molecular formula is C16H18F3N3O2. The van der Waals surface area contributed by atoms with Crippen molar-refractivity contribution in [1.82, 2.24) is 14.8 Å². The second-order valence-electron chi connectivity index (χ2n) is 6.14. The lowest BCUT2D eigenvalue weighted by atomic mass is 10.1. The van der Waals surface area contributed by atoms with Crippen molar-refractivity contribution in [2.24, 2.45) is 5.92 Å². The van der Waals surface area contributed by atoms with Gasteiger partial charge in [-0.25, -0.2) is 0 Å². The molecule has 3 rings (SSSR count). The number of nitrogens with zero attached hydrogens (tertiary/aromatic N) is 3. The topological polar surface area (TPSA) is 53.5 Å². The van der Waals surface area contributed by atoms with Crippen molar-refractivity contribution in [3.63, 3.8) is 0 Å². The van der Waals surface area contributed by atoms with Crippen molar-refractivity contribution >= 4 is 11.8 Å². The summed E-state index contributed by atoms with van der Waals surface area (Å²) in [5.74, 6) is -0.540. The summed E-state index contributed by atoms with van der Waals surface area (Å²) >= 11 is 0. The van der Waals surface area contributed by atoms with Gasteiger partial charge in [0.2, 0.25) is 5.91 Å². The van der Waals surface area contributed by atoms with Gasteiger partial charge in [0.05, 0.1) is 5.56 Å². The van der Waals surface area contributed by atoms with Crippen LogP contribution in [0.2, 0.25) is 0 Å². The summed E-state index contributed by atoms with van der Waals surface area (Å²) in [6.07, 6.45) is -1.08. The van der Waals surface area contributed by atoms with Crippen molar-refractivity contribution in [2.45, 2.75) is 25.4 Å². The average Bonchev–Trinajstić information content (AvgIpc) is 3.39. The first-order chi connectivity index (χ1) is 11.4. The lowest BCUT2D eigenvalue weighted by Crippen LogP contribution is -2.38. The van der Waals surface area contributed by atoms with E-state index in [9.17, 15) is 22.8 Å². The van der Waals surface area contributed by atoms with Crippen LogP contribution in [0.1, 0.15) is 35.3 Å². The molecule has 1 aromatic rings. The van der Waals surface area contributed by atoms with Gasteiger partial charge in [0.15, 0.2) is 0 Å². The van der Waals surface area contributed by atoms with Gasteiger partial charge in [-0.1, -0.05) is 0 Å². The van der Waals surface area contributed by atoms with E-state index in [1.807, 2.05) is 0 Å². The minimum Gasteiger partial charge on any atom is -0.341 e. The number of carbonyl (C=O) groups excluding carboxylic acids is 2. The molecule has 1 aromatic heterocycles. The van der Waals surface area contributed by atoms with Crippen molar-refractivity contribution in [2.75, 3.05) is 26.2 Å². The minimum atomic E-state index is -4.63. The van der Waals surface area contributed by atoms with Gasteiger partial charge >= 0.3 is 6.18 Å². The van der Waals surface area contributed by atoms with Gasteiger partial charge < -0.3 is 9.80 Å². The third-order valence-electron chi connectivity index (χ3n) is 4.34. The SMILES string of the molecule is O=C(c1ncccc1C(F)(F)F)N1CCCN(C(=O)C2CC2)CC1. The molecule has 2 fully saturated rings. The van der Waals surface area contributed by atoms with Crippen LogP contribution in [0, 0.1) is 5.92 Å². The molecule has 1 saturated carbocycles. The molecule has 0 atom stereocenters. The van der Waals surface area contributed by atoms with Crippen LogP contribution in [0.25, 0.3) is 0 Å². The highest BCUT2D eigenvalue weighted by molar-refractivity contribution is 5.94. The predicted octanol–water partition coefficient (Wildman–Crippen LogP) is 2.18. The Balaban J connectivity index is 1.73. The van der Waals surface area contributed by atoms with E-state index in [4.69, 9.17) is 0 Å². The number of hydrogen-bond donors (Lipinski definition) is 0. The Bertz CT molecular complexity index is 644. The number of hydrogen-bond acceptors (Lipinski definition) is 3. The van der Waals surface area contributed by atoms with E-state index in [1.165, 1.54) is 11.1 Å². The van der Waals surface area contributed by atoms with Crippen LogP contribution in [-0.4, -0.2) is 52.8 Å². The van der Waals surface area contributed by atoms with Crippen LogP contribution in [0.15, 0.2) is 18.3 Å². The van der Waals surface area contributed by atoms with Crippen LogP contribution < -0.4 is 0 Å². The highest BCUT2D eigenvalue weighted by Gasteiger charge is 2.38. The van der Waals surface area contributed by atoms with Gasteiger partial charge in [0.1, 0.15) is 5.69 Å². The number of carbonyl (C=O) groups is 2. The highest BCUT2D eigenvalue weighted by atomic mass is 19.4. The summed E-state index contributed by atoms with van der Waals surface area (Å²) in [5.41, 5.74) is -1.60. The Labute approximate surface area is 137 Å². The van der Waals surface area contributed by atoms with Crippen LogP contribution >= 0.6 is 0 Å². The zero-order valence-electron chi connectivity index (χ0n) is 13.1. The maximum absolute atomic E-state index is 13.1. The molecule has 2 amide bonds. The van der Waals surface area contributed by atoms with E-state index in [0.29, 0.717) is 26.1 Å². The van der Waals surface area contributed by atoms with Crippen LogP contribution in [-0.2, 0) is 11.0 Å². The molecule has 130 valence electrons. The molecular weight excluding hydrogens is 323 g/mol. The van der Waals surface area contributed by atoms with E-state index in [0.717, 1.165) is 25.0 Å². The zero-order chi connectivity index (χ0) is 17.3. The van der Waals surface area contributed by atoms with Crippen molar-refractivity contribution in [3.8, 4) is 0 Å². The fraction of sp³-hybridized carbons (Fsp3) is 0.562. The summed E-state index contributed by atoms with van der Waals surface area (Å²) in [6.45, 7) is 1.44. The fourth-order valence-corrected chi connectivity index (χ4v) is 2.88. The second kappa shape index (κ2) is 6.41. The fourth-order valence-electron chi connectivity index (χ4n) is 2.88. The standard InChI is InChI=1S/C16H18F3N3O2/c17-16(18,19)12-3-1-6-20-13(12)15(24)22-8-2-7-21(9-10-22)14(23)11-4-5-11/h1,3,6,11H,2,4-5,7-10H2. The summed E-state index contributed by atoms with van der Waals surface area (Å²) < 4.78 is 39.2. The lowest BCUT2D eigenvalue weighted by Gasteiger charge is -2.23. The molecule has 1 aliphatic carbocycles. The van der Waals surface area contributed by atoms with Crippen molar-refractivity contribution < 1.29 is 22.8 Å². The maximum Gasteiger partial charge on any atom is 0.418 e. The van der Waals surface area contributed by atoms with Gasteiger partial charge in [-0.3, -0.25) is 14.6 Å². The quantitative estimate of drug-likeness (QED) is 0.829. The number of aromatic nitrogens is 1. The minimum absolute atomic E-state index is 0.0955. The summed E-state index contributed by atoms with van der Waals surface area (Å²) in [6, 6.07) is 2.03. The van der Waals surface area contributed by atoms with Crippen LogP contribution in [0.3, 0.4) is 0 Å². The van der Waals surface area contributed by atoms with Gasteiger partial charge in [-0.15, -0.1) is 0 Å². The largest absolute Gasteiger partial charge is 0.418 e. The normalized spacial score (nSPS) is 19.1. The van der Waals surface area contributed by atoms with Crippen LogP contribution in [0.4, 0.5) is 13.2 Å². The molecule has 0 N–H and O–H groups in total. The Morgan fingerprint density at radius 2 is 1.75 bits per heavy atom. The molecule has 1 saturated heterocycles. The smallest absolute Gasteiger partial charge is 0.341 e. The van der Waals surface area contributed by atoms with Crippen LogP contribution in [0.5, 0.6) is 0 Å². The van der Waals surface area contributed by atoms with E-state index >= 15 is 0 Å². The Kier molecular flexibility index (Phi) is 4.47.